The molecular weight excluding hydrogens is 286 g/mol. The first kappa shape index (κ1) is 12.1. The van der Waals surface area contributed by atoms with Gasteiger partial charge in [0, 0.05) is 18.1 Å². The topological polar surface area (TPSA) is 14.8 Å². The molecule has 18 heavy (non-hydrogen) atoms. The Morgan fingerprint density at radius 1 is 0.889 bits per heavy atom. The lowest BCUT2D eigenvalue weighted by Crippen LogP contribution is -2.18. The summed E-state index contributed by atoms with van der Waals surface area (Å²) in [4.78, 5) is 0. The van der Waals surface area contributed by atoms with E-state index in [1.807, 2.05) is 28.8 Å². The van der Waals surface area contributed by atoms with E-state index in [9.17, 15) is 0 Å². The van der Waals surface area contributed by atoms with Gasteiger partial charge in [-0.25, -0.2) is 0 Å². The van der Waals surface area contributed by atoms with Gasteiger partial charge in [-0.3, -0.25) is 13.9 Å². The molecule has 0 fully saturated rings. The lowest BCUT2D eigenvalue weighted by molar-refractivity contribution is 0.357. The Kier molecular flexibility index (Phi) is 3.13. The van der Waals surface area contributed by atoms with Crippen molar-refractivity contribution in [3.63, 3.8) is 0 Å². The van der Waals surface area contributed by atoms with Crippen LogP contribution in [-0.2, 0) is 13.1 Å². The van der Waals surface area contributed by atoms with Crippen molar-refractivity contribution in [2.75, 3.05) is 0 Å². The van der Waals surface area contributed by atoms with E-state index in [1.54, 1.807) is 0 Å². The summed E-state index contributed by atoms with van der Waals surface area (Å²) in [5, 5.41) is 0.716. The van der Waals surface area contributed by atoms with Gasteiger partial charge in [-0.1, -0.05) is 11.6 Å². The van der Waals surface area contributed by atoms with Crippen LogP contribution < -0.4 is 0 Å². The molecule has 1 aromatic carbocycles. The zero-order chi connectivity index (χ0) is 12.7. The summed E-state index contributed by atoms with van der Waals surface area (Å²) in [6.45, 7) is 1.89. The van der Waals surface area contributed by atoms with Gasteiger partial charge in [-0.2, -0.15) is 0 Å². The van der Waals surface area contributed by atoms with Crippen LogP contribution in [0, 0.1) is 9.54 Å². The molecule has 0 saturated heterocycles. The molecule has 0 N–H and O–H groups in total. The maximum atomic E-state index is 5.91. The number of hydrogen-bond acceptors (Lipinski definition) is 2. The average molecular weight is 298 g/mol. The van der Waals surface area contributed by atoms with Crippen LogP contribution in [0.4, 0.5) is 0 Å². The summed E-state index contributed by atoms with van der Waals surface area (Å²) in [6, 6.07) is 7.60. The molecule has 6 heteroatoms. The van der Waals surface area contributed by atoms with Crippen molar-refractivity contribution < 1.29 is 0 Å². The lowest BCUT2D eigenvalue weighted by atomic mass is 10.3. The molecule has 1 aromatic heterocycles. The standard InChI is InChI=1S/C12H12ClN3S2/c13-9-3-5-10(6-4-9)16-11(17)14-7-1-2-8-15(14)12(16)18/h3-6H,1-2,7-8H2. The molecular formula is C12H12ClN3S2. The van der Waals surface area contributed by atoms with Crippen molar-refractivity contribution in [3.8, 4) is 5.69 Å². The Labute approximate surface area is 120 Å². The van der Waals surface area contributed by atoms with Gasteiger partial charge in [0.2, 0.25) is 9.54 Å². The smallest absolute Gasteiger partial charge is 0.201 e. The quantitative estimate of drug-likeness (QED) is 0.739. The summed E-state index contributed by atoms with van der Waals surface area (Å²) < 4.78 is 7.65. The molecule has 2 aromatic rings. The first-order chi connectivity index (χ1) is 8.68. The monoisotopic (exact) mass is 297 g/mol. The minimum Gasteiger partial charge on any atom is -0.261 e. The molecule has 94 valence electrons. The number of rotatable bonds is 1. The molecule has 3 nitrogen and oxygen atoms in total. The fraction of sp³-hybridized carbons (Fsp3) is 0.333. The minimum atomic E-state index is 0.716. The van der Waals surface area contributed by atoms with Crippen LogP contribution in [0.2, 0.25) is 5.02 Å². The maximum Gasteiger partial charge on any atom is 0.201 e. The van der Waals surface area contributed by atoms with Gasteiger partial charge in [0.15, 0.2) is 0 Å². The van der Waals surface area contributed by atoms with E-state index in [2.05, 4.69) is 9.36 Å². The molecule has 0 unspecified atom stereocenters. The van der Waals surface area contributed by atoms with E-state index < -0.39 is 0 Å². The van der Waals surface area contributed by atoms with Crippen LogP contribution in [0.1, 0.15) is 12.8 Å². The maximum absolute atomic E-state index is 5.91. The second-order valence-corrected chi connectivity index (χ2v) is 5.50. The van der Waals surface area contributed by atoms with Gasteiger partial charge in [0.1, 0.15) is 0 Å². The number of fused-ring (bicyclic) bond motifs is 1. The minimum absolute atomic E-state index is 0.716. The van der Waals surface area contributed by atoms with E-state index in [4.69, 9.17) is 36.0 Å². The normalized spacial score (nSPS) is 14.5. The number of halogens is 1. The highest BCUT2D eigenvalue weighted by Crippen LogP contribution is 2.18. The predicted octanol–water partition coefficient (Wildman–Crippen LogP) is 3.99. The van der Waals surface area contributed by atoms with Crippen molar-refractivity contribution in [1.29, 1.82) is 0 Å². The molecule has 0 aliphatic carbocycles. The third-order valence-electron chi connectivity index (χ3n) is 3.19. The van der Waals surface area contributed by atoms with Crippen LogP contribution in [0.3, 0.4) is 0 Å². The Morgan fingerprint density at radius 2 is 1.39 bits per heavy atom. The molecule has 0 amide bonds. The summed E-state index contributed by atoms with van der Waals surface area (Å²) in [7, 11) is 0. The highest BCUT2D eigenvalue weighted by atomic mass is 35.5. The first-order valence-electron chi connectivity index (χ1n) is 5.87. The van der Waals surface area contributed by atoms with Crippen molar-refractivity contribution in [1.82, 2.24) is 13.9 Å². The zero-order valence-electron chi connectivity index (χ0n) is 9.67. The Morgan fingerprint density at radius 3 is 1.89 bits per heavy atom. The van der Waals surface area contributed by atoms with Crippen LogP contribution in [0.25, 0.3) is 5.69 Å². The van der Waals surface area contributed by atoms with Crippen LogP contribution in [0.5, 0.6) is 0 Å². The van der Waals surface area contributed by atoms with Gasteiger partial charge < -0.3 is 0 Å². The van der Waals surface area contributed by atoms with Gasteiger partial charge >= 0.3 is 0 Å². The molecule has 0 radical (unpaired) electrons. The number of benzene rings is 1. The fourth-order valence-corrected chi connectivity index (χ4v) is 3.23. The Bertz CT molecular complexity index is 656. The zero-order valence-corrected chi connectivity index (χ0v) is 12.1. The molecule has 1 aliphatic rings. The summed E-state index contributed by atoms with van der Waals surface area (Å²) in [6.07, 6.45) is 2.32. The molecule has 2 heterocycles. The highest BCUT2D eigenvalue weighted by Gasteiger charge is 2.14. The largest absolute Gasteiger partial charge is 0.261 e. The highest BCUT2D eigenvalue weighted by molar-refractivity contribution is 7.72. The van der Waals surface area contributed by atoms with E-state index in [-0.39, 0.29) is 0 Å². The molecule has 0 atom stereocenters. The third-order valence-corrected chi connectivity index (χ3v) is 4.23. The van der Waals surface area contributed by atoms with E-state index in [0.717, 1.165) is 41.2 Å². The first-order valence-corrected chi connectivity index (χ1v) is 7.06. The lowest BCUT2D eigenvalue weighted by Gasteiger charge is -2.15. The number of nitrogens with zero attached hydrogens (tertiary/aromatic N) is 3. The Balaban J connectivity index is 2.24. The fourth-order valence-electron chi connectivity index (χ4n) is 2.29. The molecule has 3 rings (SSSR count). The van der Waals surface area contributed by atoms with Crippen LogP contribution in [-0.4, -0.2) is 13.9 Å². The van der Waals surface area contributed by atoms with Gasteiger partial charge in [-0.15, -0.1) is 0 Å². The van der Waals surface area contributed by atoms with Crippen LogP contribution in [0.15, 0.2) is 24.3 Å². The van der Waals surface area contributed by atoms with E-state index >= 15 is 0 Å². The van der Waals surface area contributed by atoms with Crippen LogP contribution >= 0.6 is 36.0 Å². The average Bonchev–Trinajstić information content (AvgIpc) is 2.64. The van der Waals surface area contributed by atoms with Gasteiger partial charge in [0.25, 0.3) is 0 Å². The second kappa shape index (κ2) is 4.64. The molecule has 1 aliphatic heterocycles. The predicted molar refractivity (Wildman–Crippen MR) is 77.7 cm³/mol. The summed E-state index contributed by atoms with van der Waals surface area (Å²) in [5.74, 6) is 0. The summed E-state index contributed by atoms with van der Waals surface area (Å²) in [5.41, 5.74) is 0.976. The number of aromatic nitrogens is 3. The Hall–Kier alpha value is -0.910. The molecule has 0 bridgehead atoms. The molecule has 0 spiro atoms. The van der Waals surface area contributed by atoms with E-state index in [0.29, 0.717) is 5.02 Å². The van der Waals surface area contributed by atoms with Gasteiger partial charge in [0.05, 0.1) is 5.69 Å². The summed E-state index contributed by atoms with van der Waals surface area (Å²) >= 11 is 16.9. The van der Waals surface area contributed by atoms with Crippen molar-refractivity contribution in [3.05, 3.63) is 38.8 Å². The van der Waals surface area contributed by atoms with Crippen molar-refractivity contribution in [2.24, 2.45) is 0 Å². The third kappa shape index (κ3) is 1.86. The number of hydrogen-bond donors (Lipinski definition) is 0. The molecule has 0 saturated carbocycles. The van der Waals surface area contributed by atoms with Crippen molar-refractivity contribution in [2.45, 2.75) is 25.9 Å². The van der Waals surface area contributed by atoms with Crippen molar-refractivity contribution >= 4 is 36.0 Å². The van der Waals surface area contributed by atoms with E-state index in [1.165, 1.54) is 0 Å². The second-order valence-electron chi connectivity index (χ2n) is 4.33. The van der Waals surface area contributed by atoms with Gasteiger partial charge in [-0.05, 0) is 61.5 Å². The SMILES string of the molecule is S=c1n(-c2ccc(Cl)cc2)c(=S)n2n1CCCC2.